The number of carboxylic acids is 1. The molecule has 11 heteroatoms. The van der Waals surface area contributed by atoms with Gasteiger partial charge in [-0.3, -0.25) is 14.4 Å². The Kier molecular flexibility index (Phi) is 6.82. The first-order chi connectivity index (χ1) is 18.5. The van der Waals surface area contributed by atoms with Crippen molar-refractivity contribution in [2.45, 2.75) is 82.0 Å². The van der Waals surface area contributed by atoms with E-state index in [0.717, 1.165) is 17.5 Å². The lowest BCUT2D eigenvalue weighted by Crippen LogP contribution is -2.69. The van der Waals surface area contributed by atoms with Gasteiger partial charge in [-0.25, -0.2) is 4.79 Å². The summed E-state index contributed by atoms with van der Waals surface area (Å²) in [6.45, 7) is 3.74. The molecule has 2 unspecified atom stereocenters. The van der Waals surface area contributed by atoms with Crippen LogP contribution in [0.4, 0.5) is 0 Å². The van der Waals surface area contributed by atoms with Gasteiger partial charge in [-0.15, -0.1) is 0 Å². The predicted octanol–water partition coefficient (Wildman–Crippen LogP) is 2.28. The maximum Gasteiger partial charge on any atom is 0.353 e. The Morgan fingerprint density at radius 1 is 1.18 bits per heavy atom. The second kappa shape index (κ2) is 9.86. The number of carboxylic acid groups (broad SMARTS) is 1. The molecule has 3 N–H and O–H groups in total. The molecule has 0 amide bonds. The molecule has 1 aromatic rings. The van der Waals surface area contributed by atoms with E-state index in [-0.39, 0.29) is 42.1 Å². The molecule has 1 saturated carbocycles. The number of carbonyl (C=O) groups is 4. The number of aliphatic carboxylic acids is 1. The number of carbonyl (C=O) groups excluding carboxylic acids is 3. The molecule has 0 saturated heterocycles. The zero-order valence-electron chi connectivity index (χ0n) is 21.8. The number of rotatable bonds is 9. The van der Waals surface area contributed by atoms with Crippen molar-refractivity contribution in [1.82, 2.24) is 0 Å². The number of hydrogen-bond donors (Lipinski definition) is 3. The average Bonchev–Trinajstić information content (AvgIpc) is 3.24. The Balaban J connectivity index is 1.45. The van der Waals surface area contributed by atoms with Gasteiger partial charge in [-0.05, 0) is 62.1 Å². The van der Waals surface area contributed by atoms with Gasteiger partial charge < -0.3 is 34.3 Å². The quantitative estimate of drug-likeness (QED) is 0.308. The third-order valence-corrected chi connectivity index (χ3v) is 8.69. The van der Waals surface area contributed by atoms with E-state index in [0.29, 0.717) is 12.8 Å². The van der Waals surface area contributed by atoms with Crippen LogP contribution in [0.1, 0.15) is 63.5 Å². The highest BCUT2D eigenvalue weighted by molar-refractivity contribution is 5.86. The van der Waals surface area contributed by atoms with Crippen LogP contribution in [0.5, 0.6) is 11.5 Å². The number of phenolic OH excluding ortho intramolecular Hbond substituents is 1. The summed E-state index contributed by atoms with van der Waals surface area (Å²) >= 11 is 0. The second-order valence-corrected chi connectivity index (χ2v) is 10.8. The van der Waals surface area contributed by atoms with Crippen LogP contribution < -0.4 is 4.74 Å². The van der Waals surface area contributed by atoms with Crippen LogP contribution in [0.3, 0.4) is 0 Å². The topological polar surface area (TPSA) is 166 Å². The maximum atomic E-state index is 13.3. The van der Waals surface area contributed by atoms with Crippen LogP contribution in [0.15, 0.2) is 24.0 Å². The number of benzene rings is 1. The molecule has 1 heterocycles. The smallest absolute Gasteiger partial charge is 0.353 e. The molecule has 210 valence electrons. The van der Waals surface area contributed by atoms with E-state index >= 15 is 0 Å². The minimum absolute atomic E-state index is 0.0411. The first kappa shape index (κ1) is 27.0. The third-order valence-electron chi connectivity index (χ3n) is 8.69. The van der Waals surface area contributed by atoms with E-state index < -0.39 is 66.4 Å². The molecule has 1 aromatic carbocycles. The fourth-order valence-electron chi connectivity index (χ4n) is 6.97. The van der Waals surface area contributed by atoms with Crippen molar-refractivity contribution in [3.05, 3.63) is 35.1 Å². The normalized spacial score (nSPS) is 30.2. The van der Waals surface area contributed by atoms with E-state index in [1.807, 2.05) is 6.07 Å². The number of hydrogen-bond acceptors (Lipinski definition) is 10. The summed E-state index contributed by atoms with van der Waals surface area (Å²) in [5.74, 6) is -3.60. The van der Waals surface area contributed by atoms with E-state index in [4.69, 9.17) is 24.1 Å². The van der Waals surface area contributed by atoms with Crippen LogP contribution in [0, 0.1) is 11.8 Å². The minimum atomic E-state index is -1.68. The molecule has 5 rings (SSSR count). The largest absolute Gasteiger partial charge is 0.504 e. The number of ether oxygens (including phenoxy) is 4. The van der Waals surface area contributed by atoms with E-state index in [1.165, 1.54) is 0 Å². The number of phenols is 1. The zero-order chi connectivity index (χ0) is 28.1. The van der Waals surface area contributed by atoms with E-state index in [1.54, 1.807) is 19.1 Å². The summed E-state index contributed by atoms with van der Waals surface area (Å²) in [5.41, 5.74) is -0.426. The van der Waals surface area contributed by atoms with E-state index in [9.17, 15) is 29.4 Å². The average molecular weight is 545 g/mol. The molecule has 0 radical (unpaired) electrons. The van der Waals surface area contributed by atoms with Crippen LogP contribution in [0.25, 0.3) is 0 Å². The van der Waals surface area contributed by atoms with Crippen LogP contribution >= 0.6 is 0 Å². The van der Waals surface area contributed by atoms with E-state index in [2.05, 4.69) is 6.92 Å². The first-order valence-electron chi connectivity index (χ1n) is 13.2. The summed E-state index contributed by atoms with van der Waals surface area (Å²) in [6.07, 6.45) is -0.483. The highest BCUT2D eigenvalue weighted by Gasteiger charge is 2.72. The molecule has 39 heavy (non-hydrogen) atoms. The van der Waals surface area contributed by atoms with Crippen molar-refractivity contribution in [1.29, 1.82) is 0 Å². The molecule has 0 aromatic heterocycles. The van der Waals surface area contributed by atoms with Gasteiger partial charge in [0.05, 0.1) is 36.9 Å². The lowest BCUT2D eigenvalue weighted by molar-refractivity contribution is -0.179. The third kappa shape index (κ3) is 4.23. The van der Waals surface area contributed by atoms with Gasteiger partial charge in [0.15, 0.2) is 17.6 Å². The standard InChI is InChI=1S/C28H32O11/c1-3-36-22(33)13-19(37-21(32)7-6-20(30)31)26(34)38-18-9-11-28(35)16-12-15-4-5-17(29)24-23(15)27(28,25(18)39-24)10-8-14(16)2/h4-5,9,14,16,19,25,29,35H,3,6-8,10-13H2,1-2H3,(H,30,31)/t14?,16-,19-,25-,27?,28+/m0/s1. The zero-order valence-corrected chi connectivity index (χ0v) is 21.8. The van der Waals surface area contributed by atoms with Crippen LogP contribution in [-0.4, -0.2) is 63.6 Å². The number of aromatic hydroxyl groups is 1. The SMILES string of the molecule is CCOC(=O)C[C@H](OC(=O)CCC(=O)O)C(=O)OC1=CC[C@@]2(O)[C@H]3Cc4ccc(O)c5c4C2(CCC3C)[C@H]1O5. The molecule has 3 aliphatic carbocycles. The van der Waals surface area contributed by atoms with Gasteiger partial charge in [0.25, 0.3) is 0 Å². The van der Waals surface area contributed by atoms with Gasteiger partial charge in [-0.1, -0.05) is 13.0 Å². The maximum absolute atomic E-state index is 13.3. The van der Waals surface area contributed by atoms with Crippen LogP contribution in [-0.2, 0) is 45.2 Å². The predicted molar refractivity (Wildman–Crippen MR) is 132 cm³/mol. The summed E-state index contributed by atoms with van der Waals surface area (Å²) in [5, 5.41) is 31.7. The molecule has 1 fully saturated rings. The number of esters is 3. The lowest BCUT2D eigenvalue weighted by Gasteiger charge is -2.61. The van der Waals surface area contributed by atoms with Gasteiger partial charge in [0, 0.05) is 5.56 Å². The van der Waals surface area contributed by atoms with Crippen molar-refractivity contribution in [3.63, 3.8) is 0 Å². The highest BCUT2D eigenvalue weighted by Crippen LogP contribution is 2.68. The van der Waals surface area contributed by atoms with Crippen molar-refractivity contribution in [3.8, 4) is 11.5 Å². The molecular weight excluding hydrogens is 512 g/mol. The van der Waals surface area contributed by atoms with Gasteiger partial charge in [0.1, 0.15) is 5.76 Å². The van der Waals surface area contributed by atoms with Gasteiger partial charge in [0.2, 0.25) is 6.10 Å². The monoisotopic (exact) mass is 544 g/mol. The van der Waals surface area contributed by atoms with Crippen molar-refractivity contribution in [2.24, 2.45) is 11.8 Å². The summed E-state index contributed by atoms with van der Waals surface area (Å²) in [7, 11) is 0. The Bertz CT molecular complexity index is 1250. The fourth-order valence-corrected chi connectivity index (χ4v) is 6.97. The Hall–Kier alpha value is -3.60. The second-order valence-electron chi connectivity index (χ2n) is 10.8. The summed E-state index contributed by atoms with van der Waals surface area (Å²) < 4.78 is 22.0. The first-order valence-corrected chi connectivity index (χ1v) is 13.2. The molecule has 1 spiro atoms. The highest BCUT2D eigenvalue weighted by atomic mass is 16.6. The molecular formula is C28H32O11. The molecule has 6 atom stereocenters. The Labute approximate surface area is 224 Å². The van der Waals surface area contributed by atoms with Crippen LogP contribution in [0.2, 0.25) is 0 Å². The molecule has 2 bridgehead atoms. The minimum Gasteiger partial charge on any atom is -0.504 e. The van der Waals surface area contributed by atoms with Gasteiger partial charge in [-0.2, -0.15) is 0 Å². The summed E-state index contributed by atoms with van der Waals surface area (Å²) in [4.78, 5) is 48.5. The van der Waals surface area contributed by atoms with Crippen molar-refractivity contribution < 1.29 is 53.4 Å². The lowest BCUT2D eigenvalue weighted by atomic mass is 9.45. The fraction of sp³-hybridized carbons (Fsp3) is 0.571. The molecule has 1 aliphatic heterocycles. The molecule has 4 aliphatic rings. The molecule has 11 nitrogen and oxygen atoms in total. The summed E-state index contributed by atoms with van der Waals surface area (Å²) in [6, 6.07) is 3.41. The van der Waals surface area contributed by atoms with Gasteiger partial charge >= 0.3 is 23.9 Å². The van der Waals surface area contributed by atoms with Crippen molar-refractivity contribution >= 4 is 23.9 Å². The Morgan fingerprint density at radius 3 is 2.67 bits per heavy atom. The Morgan fingerprint density at radius 2 is 1.95 bits per heavy atom. The van der Waals surface area contributed by atoms with Crippen molar-refractivity contribution in [2.75, 3.05) is 6.61 Å². The number of aliphatic hydroxyl groups is 1.